The molecule has 1 fully saturated rings. The van der Waals surface area contributed by atoms with Gasteiger partial charge < -0.3 is 5.32 Å². The average Bonchev–Trinajstić information content (AvgIpc) is 2.99. The molecule has 0 unspecified atom stereocenters. The highest BCUT2D eigenvalue weighted by Crippen LogP contribution is 2.19. The summed E-state index contributed by atoms with van der Waals surface area (Å²) < 4.78 is 27.8. The molecular formula is C18H28N2O3S. The lowest BCUT2D eigenvalue weighted by Crippen LogP contribution is -2.49. The van der Waals surface area contributed by atoms with Crippen molar-refractivity contribution in [1.29, 1.82) is 0 Å². The Morgan fingerprint density at radius 2 is 1.75 bits per heavy atom. The lowest BCUT2D eigenvalue weighted by atomic mass is 10.0. The Kier molecular flexibility index (Phi) is 6.40. The van der Waals surface area contributed by atoms with E-state index >= 15 is 0 Å². The third-order valence-electron chi connectivity index (χ3n) is 4.35. The molecule has 5 nitrogen and oxygen atoms in total. The smallest absolute Gasteiger partial charge is 0.241 e. The molecule has 0 spiro atoms. The van der Waals surface area contributed by atoms with E-state index in [0.717, 1.165) is 31.2 Å². The molecule has 1 aromatic rings. The maximum Gasteiger partial charge on any atom is 0.241 e. The van der Waals surface area contributed by atoms with Crippen molar-refractivity contribution in [1.82, 2.24) is 10.0 Å². The summed E-state index contributed by atoms with van der Waals surface area (Å²) in [5, 5.41) is 3.00. The van der Waals surface area contributed by atoms with Gasteiger partial charge in [-0.3, -0.25) is 4.79 Å². The number of hydrogen-bond acceptors (Lipinski definition) is 3. The van der Waals surface area contributed by atoms with Crippen molar-refractivity contribution in [2.75, 3.05) is 0 Å². The van der Waals surface area contributed by atoms with Gasteiger partial charge in [0, 0.05) is 6.04 Å². The van der Waals surface area contributed by atoms with E-state index in [9.17, 15) is 13.2 Å². The zero-order valence-electron chi connectivity index (χ0n) is 14.7. The predicted octanol–water partition coefficient (Wildman–Crippen LogP) is 2.75. The second kappa shape index (κ2) is 8.12. The minimum Gasteiger partial charge on any atom is -0.352 e. The lowest BCUT2D eigenvalue weighted by Gasteiger charge is -2.22. The number of hydrogen-bond donors (Lipinski definition) is 2. The van der Waals surface area contributed by atoms with Crippen molar-refractivity contribution in [3.63, 3.8) is 0 Å². The zero-order chi connectivity index (χ0) is 17.7. The van der Waals surface area contributed by atoms with Gasteiger partial charge in [-0.1, -0.05) is 44.4 Å². The van der Waals surface area contributed by atoms with Gasteiger partial charge in [-0.15, -0.1) is 0 Å². The maximum absolute atomic E-state index is 12.6. The predicted molar refractivity (Wildman–Crippen MR) is 95.1 cm³/mol. The van der Waals surface area contributed by atoms with Gasteiger partial charge in [-0.25, -0.2) is 8.42 Å². The largest absolute Gasteiger partial charge is 0.352 e. The number of aryl methyl sites for hydroxylation is 1. The molecule has 1 amide bonds. The molecule has 0 saturated heterocycles. The standard InChI is InChI=1S/C18H28N2O3S/c1-13(2)12-17(18(21)19-15-6-4-5-7-15)20-24(22,23)16-10-8-14(3)9-11-16/h8-11,13,15,17,20H,4-7,12H2,1-3H3,(H,19,21)/t17-/m1/s1. The first-order chi connectivity index (χ1) is 11.3. The molecule has 0 aromatic heterocycles. The molecule has 1 atom stereocenters. The highest BCUT2D eigenvalue weighted by Gasteiger charge is 2.28. The van der Waals surface area contributed by atoms with Crippen LogP contribution in [0.2, 0.25) is 0 Å². The normalized spacial score (nSPS) is 17.2. The van der Waals surface area contributed by atoms with E-state index in [4.69, 9.17) is 0 Å². The number of carbonyl (C=O) groups is 1. The van der Waals surface area contributed by atoms with Gasteiger partial charge in [-0.05, 0) is 44.2 Å². The fraction of sp³-hybridized carbons (Fsp3) is 0.611. The van der Waals surface area contributed by atoms with Crippen LogP contribution in [0, 0.1) is 12.8 Å². The Bertz CT molecular complexity index is 647. The monoisotopic (exact) mass is 352 g/mol. The number of sulfonamides is 1. The summed E-state index contributed by atoms with van der Waals surface area (Å²) >= 11 is 0. The average molecular weight is 353 g/mol. The zero-order valence-corrected chi connectivity index (χ0v) is 15.5. The Morgan fingerprint density at radius 1 is 1.17 bits per heavy atom. The lowest BCUT2D eigenvalue weighted by molar-refractivity contribution is -0.123. The van der Waals surface area contributed by atoms with Crippen LogP contribution in [-0.4, -0.2) is 26.4 Å². The Morgan fingerprint density at radius 3 is 2.29 bits per heavy atom. The van der Waals surface area contributed by atoms with Crippen molar-refractivity contribution in [3.05, 3.63) is 29.8 Å². The summed E-state index contributed by atoms with van der Waals surface area (Å²) in [4.78, 5) is 12.8. The first-order valence-corrected chi connectivity index (χ1v) is 10.2. The number of nitrogens with one attached hydrogen (secondary N) is 2. The van der Waals surface area contributed by atoms with Gasteiger partial charge in [0.1, 0.15) is 6.04 Å². The van der Waals surface area contributed by atoms with Crippen LogP contribution >= 0.6 is 0 Å². The summed E-state index contributed by atoms with van der Waals surface area (Å²) in [6.45, 7) is 5.87. The molecule has 1 aromatic carbocycles. The third-order valence-corrected chi connectivity index (χ3v) is 5.84. The van der Waals surface area contributed by atoms with Crippen LogP contribution in [-0.2, 0) is 14.8 Å². The van der Waals surface area contributed by atoms with E-state index in [2.05, 4.69) is 10.0 Å². The Balaban J connectivity index is 2.11. The molecule has 0 aliphatic heterocycles. The van der Waals surface area contributed by atoms with Gasteiger partial charge in [0.25, 0.3) is 0 Å². The topological polar surface area (TPSA) is 75.3 Å². The second-order valence-electron chi connectivity index (χ2n) is 7.11. The fourth-order valence-corrected chi connectivity index (χ4v) is 4.23. The van der Waals surface area contributed by atoms with Crippen LogP contribution in [0.15, 0.2) is 29.2 Å². The van der Waals surface area contributed by atoms with E-state index < -0.39 is 16.1 Å². The number of carbonyl (C=O) groups excluding carboxylic acids is 1. The van der Waals surface area contributed by atoms with E-state index in [1.54, 1.807) is 24.3 Å². The highest BCUT2D eigenvalue weighted by molar-refractivity contribution is 7.89. The molecular weight excluding hydrogens is 324 g/mol. The van der Waals surface area contributed by atoms with Crippen LogP contribution < -0.4 is 10.0 Å². The summed E-state index contributed by atoms with van der Waals surface area (Å²) in [5.74, 6) is -0.00340. The van der Waals surface area contributed by atoms with Crippen LogP contribution in [0.1, 0.15) is 51.5 Å². The molecule has 1 aliphatic rings. The minimum absolute atomic E-state index is 0.177. The number of benzene rings is 1. The van der Waals surface area contributed by atoms with E-state index in [0.29, 0.717) is 6.42 Å². The van der Waals surface area contributed by atoms with Crippen LogP contribution in [0.5, 0.6) is 0 Å². The molecule has 1 saturated carbocycles. The number of rotatable bonds is 7. The van der Waals surface area contributed by atoms with Crippen molar-refractivity contribution in [2.45, 2.75) is 69.9 Å². The van der Waals surface area contributed by atoms with Crippen LogP contribution in [0.3, 0.4) is 0 Å². The molecule has 1 aliphatic carbocycles. The molecule has 24 heavy (non-hydrogen) atoms. The second-order valence-corrected chi connectivity index (χ2v) is 8.82. The Hall–Kier alpha value is -1.40. The van der Waals surface area contributed by atoms with E-state index in [-0.39, 0.29) is 22.8 Å². The summed E-state index contributed by atoms with van der Waals surface area (Å²) in [6.07, 6.45) is 4.67. The van der Waals surface area contributed by atoms with Crippen molar-refractivity contribution in [2.24, 2.45) is 5.92 Å². The van der Waals surface area contributed by atoms with Crippen molar-refractivity contribution < 1.29 is 13.2 Å². The number of amides is 1. The Labute approximate surface area is 145 Å². The van der Waals surface area contributed by atoms with Crippen LogP contribution in [0.25, 0.3) is 0 Å². The fourth-order valence-electron chi connectivity index (χ4n) is 3.02. The van der Waals surface area contributed by atoms with Gasteiger partial charge in [0.05, 0.1) is 4.90 Å². The summed E-state index contributed by atoms with van der Waals surface area (Å²) in [7, 11) is -3.71. The van der Waals surface area contributed by atoms with Crippen molar-refractivity contribution >= 4 is 15.9 Å². The van der Waals surface area contributed by atoms with Gasteiger partial charge in [-0.2, -0.15) is 4.72 Å². The van der Waals surface area contributed by atoms with Gasteiger partial charge >= 0.3 is 0 Å². The summed E-state index contributed by atoms with van der Waals surface area (Å²) in [6, 6.07) is 6.08. The van der Waals surface area contributed by atoms with Gasteiger partial charge in [0.2, 0.25) is 15.9 Å². The van der Waals surface area contributed by atoms with Crippen LogP contribution in [0.4, 0.5) is 0 Å². The SMILES string of the molecule is Cc1ccc(S(=O)(=O)N[C@H](CC(C)C)C(=O)NC2CCCC2)cc1. The van der Waals surface area contributed by atoms with Crippen molar-refractivity contribution in [3.8, 4) is 0 Å². The summed E-state index contributed by atoms with van der Waals surface area (Å²) in [5.41, 5.74) is 0.992. The molecule has 2 N–H and O–H groups in total. The first-order valence-electron chi connectivity index (χ1n) is 8.67. The molecule has 0 bridgehead atoms. The quantitative estimate of drug-likeness (QED) is 0.792. The molecule has 6 heteroatoms. The maximum atomic E-state index is 12.6. The first kappa shape index (κ1) is 18.9. The molecule has 134 valence electrons. The van der Waals surface area contributed by atoms with E-state index in [1.165, 1.54) is 0 Å². The molecule has 0 heterocycles. The molecule has 0 radical (unpaired) electrons. The van der Waals surface area contributed by atoms with Gasteiger partial charge in [0.15, 0.2) is 0 Å². The molecule has 2 rings (SSSR count). The third kappa shape index (κ3) is 5.31. The minimum atomic E-state index is -3.71. The van der Waals surface area contributed by atoms with E-state index in [1.807, 2.05) is 20.8 Å². The highest BCUT2D eigenvalue weighted by atomic mass is 32.2.